The molecule has 1 aromatic carbocycles. The first-order valence-corrected chi connectivity index (χ1v) is 7.46. The summed E-state index contributed by atoms with van der Waals surface area (Å²) < 4.78 is 8.69. The first-order valence-electron chi connectivity index (χ1n) is 7.05. The zero-order valence-electron chi connectivity index (χ0n) is 13.1. The lowest BCUT2D eigenvalue weighted by molar-refractivity contribution is -0.119. The molecule has 1 amide bonds. The van der Waals surface area contributed by atoms with E-state index in [9.17, 15) is 9.59 Å². The van der Waals surface area contributed by atoms with Crippen LogP contribution in [-0.4, -0.2) is 31.6 Å². The molecule has 9 heteroatoms. The van der Waals surface area contributed by atoms with Crippen molar-refractivity contribution in [2.75, 3.05) is 6.61 Å². The van der Waals surface area contributed by atoms with E-state index in [-0.39, 0.29) is 12.2 Å². The van der Waals surface area contributed by atoms with Crippen LogP contribution in [0.2, 0.25) is 0 Å². The number of hydrogen-bond donors (Lipinski definition) is 2. The molecule has 0 unspecified atom stereocenters. The van der Waals surface area contributed by atoms with Crippen molar-refractivity contribution in [3.63, 3.8) is 0 Å². The number of aromatic amines is 1. The maximum absolute atomic E-state index is 12.3. The van der Waals surface area contributed by atoms with Crippen LogP contribution in [-0.2, 0) is 18.9 Å². The number of carbonyl (C=O) groups is 1. The molecule has 2 heterocycles. The summed E-state index contributed by atoms with van der Waals surface area (Å²) >= 11 is 5.23. The van der Waals surface area contributed by atoms with E-state index in [1.165, 1.54) is 4.57 Å². The van der Waals surface area contributed by atoms with Crippen molar-refractivity contribution in [3.8, 4) is 17.1 Å². The molecule has 0 saturated heterocycles. The maximum atomic E-state index is 12.3. The van der Waals surface area contributed by atoms with Gasteiger partial charge in [0.1, 0.15) is 17.2 Å². The normalized spacial score (nSPS) is 10.9. The van der Waals surface area contributed by atoms with Gasteiger partial charge in [0.05, 0.1) is 0 Å². The van der Waals surface area contributed by atoms with Gasteiger partial charge in [-0.1, -0.05) is 0 Å². The Hall–Kier alpha value is -2.94. The molecule has 0 aliphatic heterocycles. The van der Waals surface area contributed by atoms with Gasteiger partial charge in [-0.25, -0.2) is 4.98 Å². The zero-order valence-corrected chi connectivity index (χ0v) is 13.9. The number of carbonyl (C=O) groups excluding carboxylic acids is 1. The van der Waals surface area contributed by atoms with Gasteiger partial charge in [-0.15, -0.1) is 0 Å². The van der Waals surface area contributed by atoms with Gasteiger partial charge < -0.3 is 20.0 Å². The van der Waals surface area contributed by atoms with Crippen molar-refractivity contribution in [2.45, 2.75) is 0 Å². The number of fused-ring (bicyclic) bond motifs is 1. The fourth-order valence-corrected chi connectivity index (χ4v) is 2.50. The smallest absolute Gasteiger partial charge is 0.282 e. The molecule has 0 bridgehead atoms. The Kier molecular flexibility index (Phi) is 3.94. The van der Waals surface area contributed by atoms with E-state index in [4.69, 9.17) is 22.7 Å². The van der Waals surface area contributed by atoms with E-state index in [2.05, 4.69) is 9.97 Å². The standard InChI is InChI=1S/C15H15N5O3S/c1-19-13-11(14(22)20(2)15(19)24)17-12(18-13)8-3-5-9(6-4-8)23-7-10(16)21/h3-6H,7H2,1-2H3,(H2,16,21)(H,17,18). The largest absolute Gasteiger partial charge is 0.484 e. The van der Waals surface area contributed by atoms with Crippen LogP contribution in [0.5, 0.6) is 5.75 Å². The van der Waals surface area contributed by atoms with Gasteiger partial charge in [0.25, 0.3) is 11.5 Å². The topological polar surface area (TPSA) is 108 Å². The van der Waals surface area contributed by atoms with Crippen molar-refractivity contribution >= 4 is 29.3 Å². The zero-order chi connectivity index (χ0) is 17.4. The number of benzene rings is 1. The van der Waals surface area contributed by atoms with Gasteiger partial charge in [-0.2, -0.15) is 0 Å². The Labute approximate surface area is 141 Å². The van der Waals surface area contributed by atoms with Crippen LogP contribution in [0, 0.1) is 4.77 Å². The number of nitrogens with zero attached hydrogens (tertiary/aromatic N) is 3. The molecular weight excluding hydrogens is 330 g/mol. The van der Waals surface area contributed by atoms with Gasteiger partial charge in [-0.3, -0.25) is 14.2 Å². The van der Waals surface area contributed by atoms with E-state index < -0.39 is 5.91 Å². The first kappa shape index (κ1) is 15.9. The number of imidazole rings is 1. The van der Waals surface area contributed by atoms with Crippen molar-refractivity contribution in [1.82, 2.24) is 19.1 Å². The van der Waals surface area contributed by atoms with Crippen LogP contribution < -0.4 is 16.0 Å². The SMILES string of the molecule is Cn1c(=O)c2nc(-c3ccc(OCC(N)=O)cc3)[nH]c2n(C)c1=S. The molecular formula is C15H15N5O3S. The molecule has 0 saturated carbocycles. The Morgan fingerprint density at radius 1 is 1.29 bits per heavy atom. The second-order valence-electron chi connectivity index (χ2n) is 5.27. The lowest BCUT2D eigenvalue weighted by atomic mass is 10.2. The van der Waals surface area contributed by atoms with Crippen LogP contribution >= 0.6 is 12.2 Å². The average Bonchev–Trinajstić information content (AvgIpc) is 3.02. The number of amides is 1. The highest BCUT2D eigenvalue weighted by Crippen LogP contribution is 2.21. The molecule has 0 radical (unpaired) electrons. The maximum Gasteiger partial charge on any atom is 0.282 e. The summed E-state index contributed by atoms with van der Waals surface area (Å²) in [6, 6.07) is 6.93. The van der Waals surface area contributed by atoms with Crippen molar-refractivity contribution < 1.29 is 9.53 Å². The lowest BCUT2D eigenvalue weighted by Gasteiger charge is -2.04. The lowest BCUT2D eigenvalue weighted by Crippen LogP contribution is -2.21. The first-order chi connectivity index (χ1) is 11.4. The minimum atomic E-state index is -0.542. The Bertz CT molecular complexity index is 1050. The minimum absolute atomic E-state index is 0.183. The highest BCUT2D eigenvalue weighted by molar-refractivity contribution is 7.71. The van der Waals surface area contributed by atoms with Crippen LogP contribution in [0.15, 0.2) is 29.1 Å². The van der Waals surface area contributed by atoms with Gasteiger partial charge in [-0.05, 0) is 36.5 Å². The number of primary amides is 1. The predicted molar refractivity (Wildman–Crippen MR) is 91.3 cm³/mol. The highest BCUT2D eigenvalue weighted by atomic mass is 32.1. The van der Waals surface area contributed by atoms with Crippen LogP contribution in [0.25, 0.3) is 22.6 Å². The summed E-state index contributed by atoms with van der Waals surface area (Å²) in [5.74, 6) is 0.516. The number of rotatable bonds is 4. The molecule has 124 valence electrons. The van der Waals surface area contributed by atoms with Crippen molar-refractivity contribution in [3.05, 3.63) is 39.4 Å². The van der Waals surface area contributed by atoms with E-state index in [0.717, 1.165) is 5.56 Å². The molecule has 0 aliphatic carbocycles. The Balaban J connectivity index is 2.03. The summed E-state index contributed by atoms with van der Waals surface area (Å²) in [5, 5.41) is 0. The van der Waals surface area contributed by atoms with Crippen molar-refractivity contribution in [2.24, 2.45) is 19.8 Å². The number of ether oxygens (including phenoxy) is 1. The van der Waals surface area contributed by atoms with Gasteiger partial charge in [0.2, 0.25) is 0 Å². The number of hydrogen-bond acceptors (Lipinski definition) is 5. The summed E-state index contributed by atoms with van der Waals surface area (Å²) in [5.41, 5.74) is 6.43. The highest BCUT2D eigenvalue weighted by Gasteiger charge is 2.13. The molecule has 3 aromatic rings. The molecule has 8 nitrogen and oxygen atoms in total. The molecule has 3 N–H and O–H groups in total. The van der Waals surface area contributed by atoms with E-state index in [1.54, 1.807) is 42.9 Å². The number of aromatic nitrogens is 4. The quantitative estimate of drug-likeness (QED) is 0.682. The molecule has 0 fully saturated rings. The molecule has 0 atom stereocenters. The summed E-state index contributed by atoms with van der Waals surface area (Å²) in [4.78, 5) is 30.5. The number of nitrogens with one attached hydrogen (secondary N) is 1. The molecule has 0 spiro atoms. The Morgan fingerprint density at radius 2 is 1.96 bits per heavy atom. The average molecular weight is 345 g/mol. The third-order valence-corrected chi connectivity index (χ3v) is 4.16. The van der Waals surface area contributed by atoms with Gasteiger partial charge in [0, 0.05) is 19.7 Å². The second kappa shape index (κ2) is 5.93. The summed E-state index contributed by atoms with van der Waals surface area (Å²) in [6.07, 6.45) is 0. The summed E-state index contributed by atoms with van der Waals surface area (Å²) in [6.45, 7) is -0.183. The van der Waals surface area contributed by atoms with Gasteiger partial charge in [0.15, 0.2) is 16.9 Å². The minimum Gasteiger partial charge on any atom is -0.484 e. The van der Waals surface area contributed by atoms with Gasteiger partial charge >= 0.3 is 0 Å². The molecule has 2 aromatic heterocycles. The molecule has 0 aliphatic rings. The summed E-state index contributed by atoms with van der Waals surface area (Å²) in [7, 11) is 3.39. The van der Waals surface area contributed by atoms with E-state index >= 15 is 0 Å². The van der Waals surface area contributed by atoms with Crippen LogP contribution in [0.3, 0.4) is 0 Å². The van der Waals surface area contributed by atoms with E-state index in [0.29, 0.717) is 27.5 Å². The number of nitrogens with two attached hydrogens (primary N) is 1. The van der Waals surface area contributed by atoms with Crippen LogP contribution in [0.4, 0.5) is 0 Å². The number of H-pyrrole nitrogens is 1. The van der Waals surface area contributed by atoms with Crippen molar-refractivity contribution in [1.29, 1.82) is 0 Å². The molecule has 24 heavy (non-hydrogen) atoms. The monoisotopic (exact) mass is 345 g/mol. The fourth-order valence-electron chi connectivity index (χ4n) is 2.32. The second-order valence-corrected chi connectivity index (χ2v) is 5.63. The third-order valence-electron chi connectivity index (χ3n) is 3.61. The van der Waals surface area contributed by atoms with Crippen LogP contribution in [0.1, 0.15) is 0 Å². The van der Waals surface area contributed by atoms with E-state index in [1.807, 2.05) is 0 Å². The predicted octanol–water partition coefficient (Wildman–Crippen LogP) is 0.861. The fraction of sp³-hybridized carbons (Fsp3) is 0.200. The third kappa shape index (κ3) is 2.69. The molecule has 3 rings (SSSR count). The Morgan fingerprint density at radius 3 is 2.58 bits per heavy atom. The number of aryl methyl sites for hydroxylation is 1.